The minimum atomic E-state index is -0.200. The van der Waals surface area contributed by atoms with Crippen LogP contribution in [0.4, 0.5) is 4.39 Å². The molecule has 0 saturated heterocycles. The highest BCUT2D eigenvalue weighted by Crippen LogP contribution is 2.40. The topological polar surface area (TPSA) is 26.0 Å². The van der Waals surface area contributed by atoms with Crippen LogP contribution in [0.5, 0.6) is 0 Å². The summed E-state index contributed by atoms with van der Waals surface area (Å²) >= 11 is 3.22. The Hall–Kier alpha value is -0.120. The maximum absolute atomic E-state index is 13.4. The summed E-state index contributed by atoms with van der Waals surface area (Å²) in [6.07, 6.45) is 2.27. The van der Waals surface area contributed by atoms with E-state index in [9.17, 15) is 4.39 Å². The molecule has 1 aromatic carbocycles. The zero-order chi connectivity index (χ0) is 9.42. The van der Waals surface area contributed by atoms with Crippen LogP contribution in [-0.4, -0.2) is 0 Å². The second-order valence-corrected chi connectivity index (χ2v) is 4.44. The molecule has 1 fully saturated rings. The van der Waals surface area contributed by atoms with Crippen LogP contribution in [0.3, 0.4) is 0 Å². The Morgan fingerprint density at radius 1 is 1.43 bits per heavy atom. The first-order valence-electron chi connectivity index (χ1n) is 4.39. The molecule has 1 aliphatic carbocycles. The molecule has 78 valence electrons. The second kappa shape index (κ2) is 4.60. The molecule has 0 aromatic heterocycles. The molecule has 0 heterocycles. The number of halogens is 3. The summed E-state index contributed by atoms with van der Waals surface area (Å²) in [5.41, 5.74) is 6.54. The Bertz CT molecular complexity index is 328. The van der Waals surface area contributed by atoms with E-state index in [4.69, 9.17) is 5.73 Å². The van der Waals surface area contributed by atoms with Crippen LogP contribution >= 0.6 is 28.3 Å². The van der Waals surface area contributed by atoms with Gasteiger partial charge in [0.25, 0.3) is 0 Å². The zero-order valence-corrected chi connectivity index (χ0v) is 9.94. The van der Waals surface area contributed by atoms with E-state index in [0.717, 1.165) is 17.3 Å². The number of benzene rings is 1. The molecule has 4 heteroatoms. The molecule has 0 unspecified atom stereocenters. The molecule has 1 atom stereocenters. The predicted octanol–water partition coefficient (Wildman–Crippen LogP) is 3.42. The van der Waals surface area contributed by atoms with Gasteiger partial charge in [0.1, 0.15) is 5.82 Å². The smallest absolute Gasteiger partial charge is 0.129 e. The lowest BCUT2D eigenvalue weighted by atomic mass is 10.0. The molecule has 2 rings (SSSR count). The van der Waals surface area contributed by atoms with E-state index in [0.29, 0.717) is 11.5 Å². The van der Waals surface area contributed by atoms with E-state index in [2.05, 4.69) is 15.9 Å². The molecular formula is C10H12BrClFN. The summed E-state index contributed by atoms with van der Waals surface area (Å²) in [5, 5.41) is 0. The molecule has 1 aliphatic rings. The first kappa shape index (κ1) is 12.0. The van der Waals surface area contributed by atoms with Gasteiger partial charge in [0.2, 0.25) is 0 Å². The molecule has 1 aromatic rings. The summed E-state index contributed by atoms with van der Waals surface area (Å²) in [5.74, 6) is 0.296. The molecule has 0 amide bonds. The summed E-state index contributed by atoms with van der Waals surface area (Å²) in [6.45, 7) is 0. The van der Waals surface area contributed by atoms with E-state index in [-0.39, 0.29) is 24.3 Å². The van der Waals surface area contributed by atoms with Crippen molar-refractivity contribution in [1.82, 2.24) is 0 Å². The first-order chi connectivity index (χ1) is 6.18. The van der Waals surface area contributed by atoms with Gasteiger partial charge < -0.3 is 5.73 Å². The van der Waals surface area contributed by atoms with Crippen molar-refractivity contribution in [3.63, 3.8) is 0 Å². The molecule has 0 bridgehead atoms. The number of nitrogens with two attached hydrogens (primary N) is 1. The lowest BCUT2D eigenvalue weighted by Crippen LogP contribution is -2.13. The van der Waals surface area contributed by atoms with Gasteiger partial charge in [0.15, 0.2) is 0 Å². The van der Waals surface area contributed by atoms with E-state index < -0.39 is 0 Å². The molecular weight excluding hydrogens is 268 g/mol. The highest BCUT2D eigenvalue weighted by atomic mass is 79.9. The Kier molecular flexibility index (Phi) is 3.93. The maximum atomic E-state index is 13.4. The van der Waals surface area contributed by atoms with Crippen molar-refractivity contribution in [2.24, 2.45) is 11.7 Å². The van der Waals surface area contributed by atoms with Gasteiger partial charge in [-0.15, -0.1) is 12.4 Å². The summed E-state index contributed by atoms with van der Waals surface area (Å²) < 4.78 is 14.1. The lowest BCUT2D eigenvalue weighted by Gasteiger charge is -2.11. The third-order valence-corrected chi connectivity index (χ3v) is 2.94. The highest BCUT2D eigenvalue weighted by molar-refractivity contribution is 9.10. The third kappa shape index (κ3) is 2.47. The van der Waals surface area contributed by atoms with Crippen molar-refractivity contribution in [3.8, 4) is 0 Å². The van der Waals surface area contributed by atoms with Crippen LogP contribution in [0.1, 0.15) is 24.4 Å². The molecule has 14 heavy (non-hydrogen) atoms. The van der Waals surface area contributed by atoms with Crippen molar-refractivity contribution < 1.29 is 4.39 Å². The van der Waals surface area contributed by atoms with Crippen LogP contribution in [0.2, 0.25) is 0 Å². The molecule has 2 N–H and O–H groups in total. The minimum Gasteiger partial charge on any atom is -0.324 e. The van der Waals surface area contributed by atoms with Gasteiger partial charge in [0.05, 0.1) is 0 Å². The van der Waals surface area contributed by atoms with Crippen LogP contribution in [0, 0.1) is 11.7 Å². The number of rotatable bonds is 2. The largest absolute Gasteiger partial charge is 0.324 e. The van der Waals surface area contributed by atoms with Crippen molar-refractivity contribution in [2.45, 2.75) is 18.9 Å². The zero-order valence-electron chi connectivity index (χ0n) is 7.54. The standard InChI is InChI=1S/C10H11BrFN.ClH/c11-7-3-4-8(9(12)5-7)10(13)6-1-2-6;/h3-6,10H,1-2,13H2;1H/t10-;/m0./s1. The summed E-state index contributed by atoms with van der Waals surface area (Å²) in [6, 6.07) is 4.95. The Labute approximate surface area is 97.4 Å². The highest BCUT2D eigenvalue weighted by Gasteiger charge is 2.30. The molecule has 0 spiro atoms. The summed E-state index contributed by atoms with van der Waals surface area (Å²) in [4.78, 5) is 0. The SMILES string of the molecule is Cl.N[C@H](c1ccc(Br)cc1F)C1CC1. The maximum Gasteiger partial charge on any atom is 0.129 e. The second-order valence-electron chi connectivity index (χ2n) is 3.53. The summed E-state index contributed by atoms with van der Waals surface area (Å²) in [7, 11) is 0. The van der Waals surface area contributed by atoms with Gasteiger partial charge in [-0.2, -0.15) is 0 Å². The van der Waals surface area contributed by atoms with Crippen molar-refractivity contribution in [3.05, 3.63) is 34.1 Å². The molecule has 0 aliphatic heterocycles. The average Bonchev–Trinajstić information content (AvgIpc) is 2.85. The van der Waals surface area contributed by atoms with Gasteiger partial charge >= 0.3 is 0 Å². The van der Waals surface area contributed by atoms with E-state index in [1.165, 1.54) is 6.07 Å². The molecule has 1 nitrogen and oxygen atoms in total. The van der Waals surface area contributed by atoms with Crippen molar-refractivity contribution in [1.29, 1.82) is 0 Å². The fourth-order valence-electron chi connectivity index (χ4n) is 1.48. The first-order valence-corrected chi connectivity index (χ1v) is 5.18. The Morgan fingerprint density at radius 3 is 2.57 bits per heavy atom. The fourth-order valence-corrected chi connectivity index (χ4v) is 1.81. The minimum absolute atomic E-state index is 0. The average molecular weight is 281 g/mol. The van der Waals surface area contributed by atoms with Gasteiger partial charge in [-0.3, -0.25) is 0 Å². The lowest BCUT2D eigenvalue weighted by molar-refractivity contribution is 0.553. The quantitative estimate of drug-likeness (QED) is 0.882. The van der Waals surface area contributed by atoms with Crippen LogP contribution in [0.25, 0.3) is 0 Å². The van der Waals surface area contributed by atoms with Gasteiger partial charge in [0, 0.05) is 16.1 Å². The van der Waals surface area contributed by atoms with E-state index in [1.54, 1.807) is 6.07 Å². The fraction of sp³-hybridized carbons (Fsp3) is 0.400. The number of hydrogen-bond donors (Lipinski definition) is 1. The van der Waals surface area contributed by atoms with E-state index >= 15 is 0 Å². The van der Waals surface area contributed by atoms with Crippen LogP contribution < -0.4 is 5.73 Å². The van der Waals surface area contributed by atoms with Crippen LogP contribution in [0.15, 0.2) is 22.7 Å². The van der Waals surface area contributed by atoms with Crippen molar-refractivity contribution >= 4 is 28.3 Å². The van der Waals surface area contributed by atoms with Gasteiger partial charge in [-0.1, -0.05) is 22.0 Å². The monoisotopic (exact) mass is 279 g/mol. The Balaban J connectivity index is 0.000000980. The van der Waals surface area contributed by atoms with Gasteiger partial charge in [-0.05, 0) is 30.9 Å². The Morgan fingerprint density at radius 2 is 2.07 bits per heavy atom. The van der Waals surface area contributed by atoms with Gasteiger partial charge in [-0.25, -0.2) is 4.39 Å². The van der Waals surface area contributed by atoms with Crippen molar-refractivity contribution in [2.75, 3.05) is 0 Å². The predicted molar refractivity (Wildman–Crippen MR) is 61.0 cm³/mol. The van der Waals surface area contributed by atoms with E-state index in [1.807, 2.05) is 6.07 Å². The third-order valence-electron chi connectivity index (χ3n) is 2.45. The normalized spacial score (nSPS) is 17.4. The number of hydrogen-bond acceptors (Lipinski definition) is 1. The molecule has 0 radical (unpaired) electrons. The van der Waals surface area contributed by atoms with Crippen LogP contribution in [-0.2, 0) is 0 Å². The molecule has 1 saturated carbocycles.